The lowest BCUT2D eigenvalue weighted by Gasteiger charge is -2.23. The van der Waals surface area contributed by atoms with Crippen LogP contribution in [-0.2, 0) is 22.4 Å². The zero-order chi connectivity index (χ0) is 14.7. The molecular formula is C17H24N2O2. The van der Waals surface area contributed by atoms with E-state index in [1.54, 1.807) is 7.11 Å². The van der Waals surface area contributed by atoms with Crippen LogP contribution in [-0.4, -0.2) is 39.3 Å². The summed E-state index contributed by atoms with van der Waals surface area (Å²) < 4.78 is 4.96. The topological polar surface area (TPSA) is 41.6 Å². The number of fused-ring (bicyclic) bond motifs is 1. The highest BCUT2D eigenvalue weighted by Gasteiger charge is 2.24. The van der Waals surface area contributed by atoms with Gasteiger partial charge >= 0.3 is 0 Å². The first kappa shape index (κ1) is 14.5. The van der Waals surface area contributed by atoms with Gasteiger partial charge in [-0.25, -0.2) is 0 Å². The number of rotatable bonds is 4. The zero-order valence-electron chi connectivity index (χ0n) is 12.7. The first-order chi connectivity index (χ1) is 10.3. The summed E-state index contributed by atoms with van der Waals surface area (Å²) in [5.41, 5.74) is 3.78. The molecule has 0 aliphatic carbocycles. The largest absolute Gasteiger partial charge is 0.375 e. The molecule has 2 aliphatic rings. The first-order valence-corrected chi connectivity index (χ1v) is 7.90. The van der Waals surface area contributed by atoms with Crippen LogP contribution in [0.5, 0.6) is 0 Å². The average Bonchev–Trinajstić information content (AvgIpc) is 2.92. The van der Waals surface area contributed by atoms with Gasteiger partial charge in [0.05, 0.1) is 0 Å². The Balaban J connectivity index is 1.69. The zero-order valence-corrected chi connectivity index (χ0v) is 12.7. The van der Waals surface area contributed by atoms with Crippen LogP contribution in [0.2, 0.25) is 0 Å². The highest BCUT2D eigenvalue weighted by Crippen LogP contribution is 2.30. The molecule has 3 rings (SSSR count). The van der Waals surface area contributed by atoms with Crippen molar-refractivity contribution in [1.82, 2.24) is 5.32 Å². The molecular weight excluding hydrogens is 264 g/mol. The molecule has 0 spiro atoms. The van der Waals surface area contributed by atoms with Crippen LogP contribution in [0.1, 0.15) is 24.0 Å². The van der Waals surface area contributed by atoms with Gasteiger partial charge in [0.1, 0.15) is 6.61 Å². The minimum absolute atomic E-state index is 0.0560. The number of carbonyl (C=O) groups is 1. The van der Waals surface area contributed by atoms with Crippen LogP contribution in [0.15, 0.2) is 18.2 Å². The van der Waals surface area contributed by atoms with Gasteiger partial charge in [-0.1, -0.05) is 12.1 Å². The van der Waals surface area contributed by atoms with Crippen molar-refractivity contribution in [2.75, 3.05) is 38.3 Å². The van der Waals surface area contributed by atoms with E-state index in [1.807, 2.05) is 4.90 Å². The lowest BCUT2D eigenvalue weighted by Crippen LogP contribution is -2.32. The van der Waals surface area contributed by atoms with Crippen molar-refractivity contribution < 1.29 is 9.53 Å². The third kappa shape index (κ3) is 3.27. The summed E-state index contributed by atoms with van der Waals surface area (Å²) in [6.07, 6.45) is 4.71. The quantitative estimate of drug-likeness (QED) is 0.918. The highest BCUT2D eigenvalue weighted by molar-refractivity contribution is 5.96. The van der Waals surface area contributed by atoms with Gasteiger partial charge in [-0.3, -0.25) is 4.79 Å². The molecule has 1 fully saturated rings. The molecule has 21 heavy (non-hydrogen) atoms. The summed E-state index contributed by atoms with van der Waals surface area (Å²) >= 11 is 0. The van der Waals surface area contributed by atoms with E-state index in [2.05, 4.69) is 23.5 Å². The number of amides is 1. The van der Waals surface area contributed by atoms with Crippen molar-refractivity contribution in [3.63, 3.8) is 0 Å². The summed E-state index contributed by atoms with van der Waals surface area (Å²) in [5, 5.41) is 3.48. The molecule has 0 saturated carbocycles. The fraction of sp³-hybridized carbons (Fsp3) is 0.588. The summed E-state index contributed by atoms with van der Waals surface area (Å²) in [5.74, 6) is 0.810. The SMILES string of the molecule is COCC(=O)N1CCc2cc(CC3CCCNC3)ccc21. The molecule has 1 aromatic carbocycles. The number of hydrogen-bond donors (Lipinski definition) is 1. The van der Waals surface area contributed by atoms with Gasteiger partial charge in [-0.05, 0) is 61.9 Å². The predicted molar refractivity (Wildman–Crippen MR) is 83.7 cm³/mol. The van der Waals surface area contributed by atoms with Crippen LogP contribution in [0.4, 0.5) is 5.69 Å². The molecule has 1 unspecified atom stereocenters. The van der Waals surface area contributed by atoms with Gasteiger partial charge in [-0.2, -0.15) is 0 Å². The van der Waals surface area contributed by atoms with E-state index in [0.29, 0.717) is 0 Å². The molecule has 0 bridgehead atoms. The fourth-order valence-corrected chi connectivity index (χ4v) is 3.47. The Morgan fingerprint density at radius 1 is 1.48 bits per heavy atom. The number of anilines is 1. The Morgan fingerprint density at radius 3 is 3.14 bits per heavy atom. The third-order valence-corrected chi connectivity index (χ3v) is 4.53. The number of nitrogens with one attached hydrogen (secondary N) is 1. The molecule has 1 atom stereocenters. The smallest absolute Gasteiger partial charge is 0.252 e. The van der Waals surface area contributed by atoms with Crippen LogP contribution in [0.25, 0.3) is 0 Å². The van der Waals surface area contributed by atoms with E-state index in [0.717, 1.165) is 44.1 Å². The van der Waals surface area contributed by atoms with Gasteiger partial charge in [0.15, 0.2) is 0 Å². The molecule has 1 saturated heterocycles. The van der Waals surface area contributed by atoms with E-state index < -0.39 is 0 Å². The van der Waals surface area contributed by atoms with Crippen LogP contribution < -0.4 is 10.2 Å². The first-order valence-electron chi connectivity index (χ1n) is 7.90. The Morgan fingerprint density at radius 2 is 2.38 bits per heavy atom. The van der Waals surface area contributed by atoms with Gasteiger partial charge in [0.2, 0.25) is 0 Å². The van der Waals surface area contributed by atoms with Crippen molar-refractivity contribution in [1.29, 1.82) is 0 Å². The van der Waals surface area contributed by atoms with Gasteiger partial charge < -0.3 is 15.0 Å². The number of piperidine rings is 1. The molecule has 0 radical (unpaired) electrons. The maximum atomic E-state index is 12.0. The second-order valence-electron chi connectivity index (χ2n) is 6.11. The second kappa shape index (κ2) is 6.58. The predicted octanol–water partition coefficient (Wildman–Crippen LogP) is 1.76. The standard InChI is InChI=1S/C17H24N2O2/c1-21-12-17(20)19-8-6-15-10-13(4-5-16(15)19)9-14-3-2-7-18-11-14/h4-5,10,14,18H,2-3,6-9,11-12H2,1H3. The number of carbonyl (C=O) groups excluding carboxylic acids is 1. The van der Waals surface area contributed by atoms with Crippen molar-refractivity contribution >= 4 is 11.6 Å². The molecule has 2 heterocycles. The van der Waals surface area contributed by atoms with E-state index in [9.17, 15) is 4.79 Å². The van der Waals surface area contributed by atoms with Crippen LogP contribution in [0, 0.1) is 5.92 Å². The maximum Gasteiger partial charge on any atom is 0.252 e. The summed E-state index contributed by atoms with van der Waals surface area (Å²) in [6, 6.07) is 6.59. The molecule has 0 aromatic heterocycles. The molecule has 1 N–H and O–H groups in total. The Bertz CT molecular complexity index is 510. The molecule has 1 aromatic rings. The maximum absolute atomic E-state index is 12.0. The summed E-state index contributed by atoms with van der Waals surface area (Å²) in [6.45, 7) is 3.24. The molecule has 2 aliphatic heterocycles. The molecule has 4 nitrogen and oxygen atoms in total. The Kier molecular flexibility index (Phi) is 4.56. The van der Waals surface area contributed by atoms with E-state index in [4.69, 9.17) is 4.74 Å². The number of benzene rings is 1. The molecule has 114 valence electrons. The van der Waals surface area contributed by atoms with Gasteiger partial charge in [0.25, 0.3) is 5.91 Å². The number of hydrogen-bond acceptors (Lipinski definition) is 3. The molecule has 1 amide bonds. The number of ether oxygens (including phenoxy) is 1. The Hall–Kier alpha value is -1.39. The van der Waals surface area contributed by atoms with Crippen LogP contribution in [0.3, 0.4) is 0 Å². The normalized spacial score (nSPS) is 21.4. The minimum Gasteiger partial charge on any atom is -0.375 e. The van der Waals surface area contributed by atoms with E-state index in [1.165, 1.54) is 24.0 Å². The van der Waals surface area contributed by atoms with E-state index >= 15 is 0 Å². The molecule has 4 heteroatoms. The fourth-order valence-electron chi connectivity index (χ4n) is 3.47. The second-order valence-corrected chi connectivity index (χ2v) is 6.11. The number of nitrogens with zero attached hydrogens (tertiary/aromatic N) is 1. The Labute approximate surface area is 126 Å². The van der Waals surface area contributed by atoms with E-state index in [-0.39, 0.29) is 12.5 Å². The monoisotopic (exact) mass is 288 g/mol. The van der Waals surface area contributed by atoms with Crippen molar-refractivity contribution in [3.8, 4) is 0 Å². The van der Waals surface area contributed by atoms with Crippen molar-refractivity contribution in [3.05, 3.63) is 29.3 Å². The van der Waals surface area contributed by atoms with Crippen molar-refractivity contribution in [2.24, 2.45) is 5.92 Å². The average molecular weight is 288 g/mol. The summed E-state index contributed by atoms with van der Waals surface area (Å²) in [4.78, 5) is 13.9. The lowest BCUT2D eigenvalue weighted by molar-refractivity contribution is -0.122. The number of methoxy groups -OCH3 is 1. The van der Waals surface area contributed by atoms with Gasteiger partial charge in [0, 0.05) is 19.3 Å². The summed E-state index contributed by atoms with van der Waals surface area (Å²) in [7, 11) is 1.57. The van der Waals surface area contributed by atoms with Crippen molar-refractivity contribution in [2.45, 2.75) is 25.7 Å². The minimum atomic E-state index is 0.0560. The van der Waals surface area contributed by atoms with Gasteiger partial charge in [-0.15, -0.1) is 0 Å². The highest BCUT2D eigenvalue weighted by atomic mass is 16.5. The van der Waals surface area contributed by atoms with Crippen LogP contribution >= 0.6 is 0 Å². The third-order valence-electron chi connectivity index (χ3n) is 4.53. The lowest BCUT2D eigenvalue weighted by atomic mass is 9.91.